The largest absolute Gasteiger partial charge is 0.494 e. The molecule has 0 spiro atoms. The van der Waals surface area contributed by atoms with Crippen LogP contribution in [0.3, 0.4) is 0 Å². The van der Waals surface area contributed by atoms with E-state index >= 15 is 0 Å². The van der Waals surface area contributed by atoms with Crippen molar-refractivity contribution in [3.8, 4) is 5.75 Å². The van der Waals surface area contributed by atoms with E-state index in [2.05, 4.69) is 10.6 Å². The molecule has 1 saturated heterocycles. The number of carbonyl (C=O) groups excluding carboxylic acids is 2. The van der Waals surface area contributed by atoms with Crippen molar-refractivity contribution in [2.45, 2.75) is 18.9 Å². The van der Waals surface area contributed by atoms with Gasteiger partial charge in [-0.2, -0.15) is 0 Å². The van der Waals surface area contributed by atoms with Gasteiger partial charge in [-0.1, -0.05) is 23.2 Å². The zero-order valence-corrected chi connectivity index (χ0v) is 12.3. The highest BCUT2D eigenvalue weighted by Crippen LogP contribution is 2.33. The minimum absolute atomic E-state index is 0.00559. The first-order valence-electron chi connectivity index (χ1n) is 6.12. The van der Waals surface area contributed by atoms with Gasteiger partial charge >= 0.3 is 0 Å². The zero-order valence-electron chi connectivity index (χ0n) is 10.8. The molecule has 1 aliphatic rings. The molecule has 7 heteroatoms. The smallest absolute Gasteiger partial charge is 0.251 e. The standard InChI is InChI=1S/C13H14Cl2N2O3/c1-20-12-9(14)4-7(5-10(12)15)13(19)17-8-2-3-11(18)16-6-8/h4-5,8H,2-3,6H2,1H3,(H,16,18)(H,17,19). The van der Waals surface area contributed by atoms with Gasteiger partial charge in [0.2, 0.25) is 5.91 Å². The molecule has 1 fully saturated rings. The Labute approximate surface area is 126 Å². The van der Waals surface area contributed by atoms with E-state index in [1.807, 2.05) is 0 Å². The fraction of sp³-hybridized carbons (Fsp3) is 0.385. The van der Waals surface area contributed by atoms with Crippen LogP contribution in [-0.4, -0.2) is 31.5 Å². The third-order valence-electron chi connectivity index (χ3n) is 3.07. The van der Waals surface area contributed by atoms with E-state index in [1.165, 1.54) is 19.2 Å². The molecule has 1 unspecified atom stereocenters. The Kier molecular flexibility index (Phi) is 4.73. The maximum atomic E-state index is 12.1. The highest BCUT2D eigenvalue weighted by atomic mass is 35.5. The second kappa shape index (κ2) is 6.33. The number of piperidine rings is 1. The zero-order chi connectivity index (χ0) is 14.7. The monoisotopic (exact) mass is 316 g/mol. The number of nitrogens with one attached hydrogen (secondary N) is 2. The van der Waals surface area contributed by atoms with Crippen molar-refractivity contribution in [2.24, 2.45) is 0 Å². The van der Waals surface area contributed by atoms with Gasteiger partial charge in [-0.15, -0.1) is 0 Å². The number of hydrogen-bond acceptors (Lipinski definition) is 3. The first kappa shape index (κ1) is 14.9. The molecule has 2 N–H and O–H groups in total. The van der Waals surface area contributed by atoms with Crippen LogP contribution in [-0.2, 0) is 4.79 Å². The van der Waals surface area contributed by atoms with Crippen LogP contribution in [0.4, 0.5) is 0 Å². The van der Waals surface area contributed by atoms with Gasteiger partial charge < -0.3 is 15.4 Å². The van der Waals surface area contributed by atoms with E-state index in [4.69, 9.17) is 27.9 Å². The average Bonchev–Trinajstić information content (AvgIpc) is 2.41. The van der Waals surface area contributed by atoms with E-state index in [1.54, 1.807) is 0 Å². The maximum Gasteiger partial charge on any atom is 0.251 e. The molecule has 0 bridgehead atoms. The van der Waals surface area contributed by atoms with E-state index < -0.39 is 0 Å². The number of amides is 2. The molecule has 1 aromatic carbocycles. The lowest BCUT2D eigenvalue weighted by molar-refractivity contribution is -0.122. The fourth-order valence-corrected chi connectivity index (χ4v) is 2.65. The second-order valence-corrected chi connectivity index (χ2v) is 5.30. The summed E-state index contributed by atoms with van der Waals surface area (Å²) in [5.74, 6) is 0.0680. The second-order valence-electron chi connectivity index (χ2n) is 4.49. The molecular formula is C13H14Cl2N2O3. The number of benzene rings is 1. The van der Waals surface area contributed by atoms with Gasteiger partial charge in [0, 0.05) is 24.6 Å². The van der Waals surface area contributed by atoms with Gasteiger partial charge in [0.15, 0.2) is 5.75 Å². The van der Waals surface area contributed by atoms with Crippen LogP contribution in [0.2, 0.25) is 10.0 Å². The number of hydrogen-bond donors (Lipinski definition) is 2. The molecule has 5 nitrogen and oxygen atoms in total. The molecule has 1 heterocycles. The van der Waals surface area contributed by atoms with Crippen LogP contribution in [0.1, 0.15) is 23.2 Å². The van der Waals surface area contributed by atoms with Crippen molar-refractivity contribution in [1.29, 1.82) is 0 Å². The van der Waals surface area contributed by atoms with Crippen molar-refractivity contribution in [3.63, 3.8) is 0 Å². The molecule has 0 aromatic heterocycles. The highest BCUT2D eigenvalue weighted by molar-refractivity contribution is 6.37. The first-order chi connectivity index (χ1) is 9.51. The molecule has 2 rings (SSSR count). The van der Waals surface area contributed by atoms with Crippen LogP contribution in [0.25, 0.3) is 0 Å². The molecule has 1 aliphatic heterocycles. The summed E-state index contributed by atoms with van der Waals surface area (Å²) in [7, 11) is 1.46. The lowest BCUT2D eigenvalue weighted by Gasteiger charge is -2.23. The normalized spacial score (nSPS) is 18.4. The van der Waals surface area contributed by atoms with Gasteiger partial charge in [-0.05, 0) is 18.6 Å². The summed E-state index contributed by atoms with van der Waals surface area (Å²) >= 11 is 12.0. The molecule has 0 radical (unpaired) electrons. The van der Waals surface area contributed by atoms with Gasteiger partial charge in [0.1, 0.15) is 0 Å². The SMILES string of the molecule is COc1c(Cl)cc(C(=O)NC2CCC(=O)NC2)cc1Cl. The van der Waals surface area contributed by atoms with Crippen molar-refractivity contribution < 1.29 is 14.3 Å². The number of methoxy groups -OCH3 is 1. The predicted octanol–water partition coefficient (Wildman–Crippen LogP) is 2.01. The quantitative estimate of drug-likeness (QED) is 0.896. The van der Waals surface area contributed by atoms with Gasteiger partial charge in [0.05, 0.1) is 17.2 Å². The van der Waals surface area contributed by atoms with Gasteiger partial charge in [-0.25, -0.2) is 0 Å². The lowest BCUT2D eigenvalue weighted by Crippen LogP contribution is -2.47. The minimum Gasteiger partial charge on any atom is -0.494 e. The summed E-state index contributed by atoms with van der Waals surface area (Å²) in [5, 5.41) is 6.10. The summed E-state index contributed by atoms with van der Waals surface area (Å²) in [6, 6.07) is 2.92. The Balaban J connectivity index is 2.08. The first-order valence-corrected chi connectivity index (χ1v) is 6.87. The van der Waals surface area contributed by atoms with Crippen LogP contribution >= 0.6 is 23.2 Å². The summed E-state index contributed by atoms with van der Waals surface area (Å²) in [5.41, 5.74) is 0.359. The predicted molar refractivity (Wildman–Crippen MR) is 76.5 cm³/mol. The molecule has 1 atom stereocenters. The summed E-state index contributed by atoms with van der Waals surface area (Å²) in [4.78, 5) is 23.2. The summed E-state index contributed by atoms with van der Waals surface area (Å²) < 4.78 is 5.03. The number of rotatable bonds is 3. The Bertz CT molecular complexity index is 515. The van der Waals surface area contributed by atoms with E-state index in [0.717, 1.165) is 0 Å². The number of ether oxygens (including phenoxy) is 1. The third-order valence-corrected chi connectivity index (χ3v) is 3.63. The molecule has 0 aliphatic carbocycles. The Morgan fingerprint density at radius 2 is 2.05 bits per heavy atom. The third kappa shape index (κ3) is 3.35. The molecule has 0 saturated carbocycles. The number of carbonyl (C=O) groups is 2. The molecular weight excluding hydrogens is 303 g/mol. The van der Waals surface area contributed by atoms with E-state index in [-0.39, 0.29) is 27.9 Å². The highest BCUT2D eigenvalue weighted by Gasteiger charge is 2.21. The fourth-order valence-electron chi connectivity index (χ4n) is 2.01. The topological polar surface area (TPSA) is 67.4 Å². The van der Waals surface area contributed by atoms with Crippen LogP contribution < -0.4 is 15.4 Å². The van der Waals surface area contributed by atoms with Gasteiger partial charge in [-0.3, -0.25) is 9.59 Å². The molecule has 2 amide bonds. The maximum absolute atomic E-state index is 12.1. The Morgan fingerprint density at radius 3 is 2.55 bits per heavy atom. The Hall–Kier alpha value is -1.46. The average molecular weight is 317 g/mol. The molecule has 20 heavy (non-hydrogen) atoms. The van der Waals surface area contributed by atoms with Crippen molar-refractivity contribution in [3.05, 3.63) is 27.7 Å². The van der Waals surface area contributed by atoms with Crippen LogP contribution in [0.5, 0.6) is 5.75 Å². The lowest BCUT2D eigenvalue weighted by atomic mass is 10.1. The van der Waals surface area contributed by atoms with Crippen molar-refractivity contribution in [1.82, 2.24) is 10.6 Å². The summed E-state index contributed by atoms with van der Waals surface area (Å²) in [6.07, 6.45) is 1.03. The Morgan fingerprint density at radius 1 is 1.40 bits per heavy atom. The van der Waals surface area contributed by atoms with Crippen molar-refractivity contribution >= 4 is 35.0 Å². The molecule has 108 valence electrons. The molecule has 1 aromatic rings. The van der Waals surface area contributed by atoms with E-state index in [9.17, 15) is 9.59 Å². The minimum atomic E-state index is -0.280. The van der Waals surface area contributed by atoms with Crippen LogP contribution in [0, 0.1) is 0 Å². The van der Waals surface area contributed by atoms with Gasteiger partial charge in [0.25, 0.3) is 5.91 Å². The number of halogens is 2. The summed E-state index contributed by atoms with van der Waals surface area (Å²) in [6.45, 7) is 0.433. The van der Waals surface area contributed by atoms with Crippen LogP contribution in [0.15, 0.2) is 12.1 Å². The van der Waals surface area contributed by atoms with E-state index in [0.29, 0.717) is 30.7 Å². The van der Waals surface area contributed by atoms with Crippen molar-refractivity contribution in [2.75, 3.05) is 13.7 Å².